The Morgan fingerprint density at radius 3 is 2.23 bits per heavy atom. The second kappa shape index (κ2) is 6.95. The fraction of sp³-hybridized carbons (Fsp3) is 0.667. The van der Waals surface area contributed by atoms with Crippen LogP contribution in [-0.4, -0.2) is 52.8 Å². The van der Waals surface area contributed by atoms with Crippen LogP contribution in [0.15, 0.2) is 30.3 Å². The fourth-order valence-corrected chi connectivity index (χ4v) is 3.99. The molecule has 1 aromatic rings. The Hall–Kier alpha value is -1.43. The van der Waals surface area contributed by atoms with Gasteiger partial charge >= 0.3 is 0 Å². The molecule has 2 aliphatic heterocycles. The third-order valence-corrected chi connectivity index (χ3v) is 6.21. The summed E-state index contributed by atoms with van der Waals surface area (Å²) in [5, 5.41) is 2.99. The topological polar surface area (TPSA) is 50.8 Å². The lowest BCUT2D eigenvalue weighted by Crippen LogP contribution is -2.62. The summed E-state index contributed by atoms with van der Waals surface area (Å²) in [7, 11) is 0. The van der Waals surface area contributed by atoms with E-state index in [4.69, 9.17) is 9.47 Å². The minimum absolute atomic E-state index is 0.0134. The zero-order valence-corrected chi connectivity index (χ0v) is 16.8. The molecule has 2 saturated heterocycles. The Morgan fingerprint density at radius 1 is 1.08 bits per heavy atom. The van der Waals surface area contributed by atoms with Crippen molar-refractivity contribution in [2.75, 3.05) is 6.54 Å². The Balaban J connectivity index is 1.88. The van der Waals surface area contributed by atoms with Gasteiger partial charge in [0.1, 0.15) is 12.2 Å². The first-order chi connectivity index (χ1) is 12.1. The number of hydrogen-bond donors (Lipinski definition) is 1. The molecule has 26 heavy (non-hydrogen) atoms. The van der Waals surface area contributed by atoms with Crippen molar-refractivity contribution in [2.24, 2.45) is 0 Å². The van der Waals surface area contributed by atoms with E-state index in [2.05, 4.69) is 69.1 Å². The number of amides is 1. The predicted octanol–water partition coefficient (Wildman–Crippen LogP) is 2.74. The maximum Gasteiger partial charge on any atom is 0.216 e. The van der Waals surface area contributed by atoms with E-state index in [0.717, 1.165) is 6.54 Å². The summed E-state index contributed by atoms with van der Waals surface area (Å²) < 4.78 is 13.1. The Bertz CT molecular complexity index is 644. The standard InChI is InChI=1S/C21H32N2O3/c1-14-18-19(26-21(5,6)20(3,4)25-18)17(12-22-15(2)24)23(14)13-16-10-8-7-9-11-16/h7-11,14,17-19H,12-13H2,1-6H3,(H,22,24)/t14-,17-,18-,19-/m1/s1. The zero-order chi connectivity index (χ0) is 19.1. The predicted molar refractivity (Wildman–Crippen MR) is 102 cm³/mol. The molecule has 0 aliphatic carbocycles. The summed E-state index contributed by atoms with van der Waals surface area (Å²) in [6.45, 7) is 13.5. The van der Waals surface area contributed by atoms with Gasteiger partial charge in [-0.1, -0.05) is 30.3 Å². The first-order valence-electron chi connectivity index (χ1n) is 9.52. The van der Waals surface area contributed by atoms with Crippen LogP contribution in [-0.2, 0) is 20.8 Å². The summed E-state index contributed by atoms with van der Waals surface area (Å²) >= 11 is 0. The van der Waals surface area contributed by atoms with Crippen molar-refractivity contribution in [2.45, 2.75) is 83.6 Å². The average Bonchev–Trinajstić information content (AvgIpc) is 2.78. The molecule has 5 nitrogen and oxygen atoms in total. The summed E-state index contributed by atoms with van der Waals surface area (Å²) in [5.41, 5.74) is 0.485. The van der Waals surface area contributed by atoms with Gasteiger partial charge in [0, 0.05) is 26.1 Å². The van der Waals surface area contributed by atoms with Crippen molar-refractivity contribution in [3.63, 3.8) is 0 Å². The van der Waals surface area contributed by atoms with E-state index in [1.54, 1.807) is 6.92 Å². The van der Waals surface area contributed by atoms with E-state index < -0.39 is 5.60 Å². The molecule has 0 spiro atoms. The van der Waals surface area contributed by atoms with Gasteiger partial charge in [0.05, 0.1) is 17.2 Å². The molecule has 1 amide bonds. The Morgan fingerprint density at radius 2 is 1.65 bits per heavy atom. The molecule has 4 atom stereocenters. The molecule has 1 aromatic carbocycles. The lowest BCUT2D eigenvalue weighted by molar-refractivity contribution is -0.289. The monoisotopic (exact) mass is 360 g/mol. The highest BCUT2D eigenvalue weighted by Gasteiger charge is 2.58. The number of nitrogens with zero attached hydrogens (tertiary/aromatic N) is 1. The molecule has 2 heterocycles. The minimum atomic E-state index is -0.398. The number of nitrogens with one attached hydrogen (secondary N) is 1. The van der Waals surface area contributed by atoms with Crippen LogP contribution in [0.5, 0.6) is 0 Å². The molecule has 0 unspecified atom stereocenters. The van der Waals surface area contributed by atoms with Crippen LogP contribution in [0, 0.1) is 0 Å². The van der Waals surface area contributed by atoms with Crippen LogP contribution < -0.4 is 5.32 Å². The van der Waals surface area contributed by atoms with Gasteiger partial charge in [-0.3, -0.25) is 9.69 Å². The van der Waals surface area contributed by atoms with Crippen molar-refractivity contribution >= 4 is 5.91 Å². The minimum Gasteiger partial charge on any atom is -0.365 e. The van der Waals surface area contributed by atoms with Crippen molar-refractivity contribution < 1.29 is 14.3 Å². The van der Waals surface area contributed by atoms with Gasteiger partial charge in [0.15, 0.2) is 0 Å². The van der Waals surface area contributed by atoms with Crippen LogP contribution in [0.4, 0.5) is 0 Å². The molecule has 5 heteroatoms. The molecular weight excluding hydrogens is 328 g/mol. The van der Waals surface area contributed by atoms with Crippen LogP contribution in [0.2, 0.25) is 0 Å². The molecule has 0 saturated carbocycles. The van der Waals surface area contributed by atoms with Gasteiger partial charge in [-0.2, -0.15) is 0 Å². The molecule has 0 aromatic heterocycles. The largest absolute Gasteiger partial charge is 0.365 e. The van der Waals surface area contributed by atoms with E-state index in [1.165, 1.54) is 5.56 Å². The van der Waals surface area contributed by atoms with Crippen molar-refractivity contribution in [3.8, 4) is 0 Å². The lowest BCUT2D eigenvalue weighted by atomic mass is 9.85. The van der Waals surface area contributed by atoms with Crippen LogP contribution in [0.3, 0.4) is 0 Å². The van der Waals surface area contributed by atoms with Crippen LogP contribution >= 0.6 is 0 Å². The lowest BCUT2D eigenvalue weighted by Gasteiger charge is -2.51. The van der Waals surface area contributed by atoms with E-state index in [9.17, 15) is 4.79 Å². The highest BCUT2D eigenvalue weighted by atomic mass is 16.6. The summed E-state index contributed by atoms with van der Waals surface area (Å²) in [6, 6.07) is 10.7. The number of hydrogen-bond acceptors (Lipinski definition) is 4. The molecule has 2 fully saturated rings. The highest BCUT2D eigenvalue weighted by Crippen LogP contribution is 2.44. The second-order valence-corrected chi connectivity index (χ2v) is 8.59. The molecule has 0 bridgehead atoms. The SMILES string of the molecule is CC(=O)NC[C@@H]1[C@H]2OC(C)(C)C(C)(C)O[C@@H]2[C@@H](C)N1Cc1ccccc1. The number of benzene rings is 1. The van der Waals surface area contributed by atoms with E-state index in [1.807, 2.05) is 6.07 Å². The average molecular weight is 360 g/mol. The number of ether oxygens (including phenoxy) is 2. The first-order valence-corrected chi connectivity index (χ1v) is 9.52. The van der Waals surface area contributed by atoms with E-state index >= 15 is 0 Å². The normalized spacial score (nSPS) is 32.8. The van der Waals surface area contributed by atoms with Crippen LogP contribution in [0.1, 0.15) is 47.1 Å². The van der Waals surface area contributed by atoms with E-state index in [-0.39, 0.29) is 35.8 Å². The smallest absolute Gasteiger partial charge is 0.216 e. The molecule has 144 valence electrons. The van der Waals surface area contributed by atoms with Gasteiger partial charge in [0.2, 0.25) is 5.91 Å². The summed E-state index contributed by atoms with van der Waals surface area (Å²) in [4.78, 5) is 14.0. The third-order valence-electron chi connectivity index (χ3n) is 6.21. The van der Waals surface area contributed by atoms with Gasteiger partial charge in [-0.05, 0) is 40.2 Å². The number of carbonyl (C=O) groups is 1. The van der Waals surface area contributed by atoms with E-state index in [0.29, 0.717) is 6.54 Å². The van der Waals surface area contributed by atoms with Crippen molar-refractivity contribution in [1.82, 2.24) is 10.2 Å². The first kappa shape index (κ1) is 19.3. The third kappa shape index (κ3) is 3.53. The maximum atomic E-state index is 11.5. The molecule has 0 radical (unpaired) electrons. The number of carbonyl (C=O) groups excluding carboxylic acids is 1. The number of likely N-dealkylation sites (tertiary alicyclic amines) is 1. The second-order valence-electron chi connectivity index (χ2n) is 8.59. The quantitative estimate of drug-likeness (QED) is 0.897. The van der Waals surface area contributed by atoms with Crippen molar-refractivity contribution in [3.05, 3.63) is 35.9 Å². The molecule has 2 aliphatic rings. The van der Waals surface area contributed by atoms with Crippen LogP contribution in [0.25, 0.3) is 0 Å². The Kier molecular flexibility index (Phi) is 5.17. The van der Waals surface area contributed by atoms with Gasteiger partial charge in [0.25, 0.3) is 0 Å². The van der Waals surface area contributed by atoms with Gasteiger partial charge < -0.3 is 14.8 Å². The molecule has 1 N–H and O–H groups in total. The zero-order valence-electron chi connectivity index (χ0n) is 16.8. The number of fused-ring (bicyclic) bond motifs is 1. The van der Waals surface area contributed by atoms with Gasteiger partial charge in [-0.15, -0.1) is 0 Å². The summed E-state index contributed by atoms with van der Waals surface area (Å²) in [6.07, 6.45) is -0.0796. The highest BCUT2D eigenvalue weighted by molar-refractivity contribution is 5.72. The maximum absolute atomic E-state index is 11.5. The molecular formula is C21H32N2O3. The summed E-state index contributed by atoms with van der Waals surface area (Å²) in [5.74, 6) is -0.0166. The molecule has 3 rings (SSSR count). The fourth-order valence-electron chi connectivity index (χ4n) is 3.99. The van der Waals surface area contributed by atoms with Crippen molar-refractivity contribution in [1.29, 1.82) is 0 Å². The van der Waals surface area contributed by atoms with Gasteiger partial charge in [-0.25, -0.2) is 0 Å². The number of rotatable bonds is 4. The Labute approximate surface area is 157 Å².